The van der Waals surface area contributed by atoms with Crippen LogP contribution in [0.4, 0.5) is 0 Å². The van der Waals surface area contributed by atoms with Crippen molar-refractivity contribution in [3.05, 3.63) is 36.6 Å². The van der Waals surface area contributed by atoms with Crippen LogP contribution in [0, 0.1) is 0 Å². The zero-order chi connectivity index (χ0) is 9.07. The number of aliphatic hydroxyl groups excluding tert-OH is 1. The molecule has 0 heterocycles. The smallest absolute Gasteiger partial charge is 0.0751 e. The van der Waals surface area contributed by atoms with Gasteiger partial charge >= 0.3 is 0 Å². The van der Waals surface area contributed by atoms with Gasteiger partial charge in [0.25, 0.3) is 0 Å². The molecule has 0 radical (unpaired) electrons. The highest BCUT2D eigenvalue weighted by Gasteiger charge is 1.74. The normalized spacial score (nSPS) is 12.4. The van der Waals surface area contributed by atoms with Crippen molar-refractivity contribution in [2.24, 2.45) is 0 Å². The van der Waals surface area contributed by atoms with Gasteiger partial charge in [0.2, 0.25) is 0 Å². The first-order chi connectivity index (χ1) is 5.91. The maximum Gasteiger partial charge on any atom is 0.0751 e. The van der Waals surface area contributed by atoms with Gasteiger partial charge in [0.1, 0.15) is 0 Å². The zero-order valence-electron chi connectivity index (χ0n) is 7.74. The molecular weight excluding hydrogens is 148 g/mol. The van der Waals surface area contributed by atoms with E-state index < -0.39 is 0 Å². The molecule has 1 N–H and O–H groups in total. The number of hydrogen-bond donors (Lipinski definition) is 1. The third-order valence-electron chi connectivity index (χ3n) is 1.44. The predicted molar refractivity (Wildman–Crippen MR) is 54.2 cm³/mol. The number of aliphatic hydroxyl groups is 1. The molecule has 12 heavy (non-hydrogen) atoms. The minimum absolute atomic E-state index is 0.911. The Morgan fingerprint density at radius 3 is 2.08 bits per heavy atom. The second-order valence-corrected chi connectivity index (χ2v) is 2.61. The molecule has 0 saturated carbocycles. The zero-order valence-corrected chi connectivity index (χ0v) is 7.74. The standard InChI is InChI=1S/C11H18O/c1-2-3-4-5-6-7-8-9-10-11-12/h4-7,10-12H,2-3,8-9H2,1H3/b5-4+,7-6+,11-10+. The first-order valence-corrected chi connectivity index (χ1v) is 4.52. The van der Waals surface area contributed by atoms with Gasteiger partial charge in [-0.1, -0.05) is 37.6 Å². The van der Waals surface area contributed by atoms with E-state index in [0.29, 0.717) is 0 Å². The van der Waals surface area contributed by atoms with E-state index in [2.05, 4.69) is 31.2 Å². The fourth-order valence-corrected chi connectivity index (χ4v) is 0.783. The average molecular weight is 166 g/mol. The highest BCUT2D eigenvalue weighted by Crippen LogP contribution is 1.93. The summed E-state index contributed by atoms with van der Waals surface area (Å²) in [6.07, 6.45) is 15.5. The molecule has 0 rings (SSSR count). The van der Waals surface area contributed by atoms with Gasteiger partial charge in [-0.25, -0.2) is 0 Å². The molecule has 0 aliphatic heterocycles. The van der Waals surface area contributed by atoms with Gasteiger partial charge in [0, 0.05) is 0 Å². The molecule has 0 aliphatic rings. The van der Waals surface area contributed by atoms with E-state index in [1.807, 2.05) is 0 Å². The van der Waals surface area contributed by atoms with Crippen LogP contribution in [0.2, 0.25) is 0 Å². The SMILES string of the molecule is CCC/C=C/C=C/CC/C=C/O. The van der Waals surface area contributed by atoms with Crippen LogP contribution in [-0.4, -0.2) is 5.11 Å². The topological polar surface area (TPSA) is 20.2 Å². The summed E-state index contributed by atoms with van der Waals surface area (Å²) in [7, 11) is 0. The second kappa shape index (κ2) is 10.0. The molecule has 0 bridgehead atoms. The lowest BCUT2D eigenvalue weighted by Gasteiger charge is -1.83. The lowest BCUT2D eigenvalue weighted by Crippen LogP contribution is -1.64. The fourth-order valence-electron chi connectivity index (χ4n) is 0.783. The van der Waals surface area contributed by atoms with E-state index in [1.54, 1.807) is 6.08 Å². The summed E-state index contributed by atoms with van der Waals surface area (Å²) in [4.78, 5) is 0. The van der Waals surface area contributed by atoms with Crippen molar-refractivity contribution >= 4 is 0 Å². The minimum Gasteiger partial charge on any atom is -0.516 e. The molecule has 0 fully saturated rings. The summed E-state index contributed by atoms with van der Waals surface area (Å²) in [5.41, 5.74) is 0. The van der Waals surface area contributed by atoms with Crippen molar-refractivity contribution < 1.29 is 5.11 Å². The number of unbranched alkanes of at least 4 members (excludes halogenated alkanes) is 2. The van der Waals surface area contributed by atoms with Gasteiger partial charge in [0.15, 0.2) is 0 Å². The molecule has 0 atom stereocenters. The van der Waals surface area contributed by atoms with Crippen molar-refractivity contribution in [1.29, 1.82) is 0 Å². The van der Waals surface area contributed by atoms with E-state index in [0.717, 1.165) is 25.5 Å². The Morgan fingerprint density at radius 2 is 1.50 bits per heavy atom. The molecule has 68 valence electrons. The van der Waals surface area contributed by atoms with Crippen LogP contribution >= 0.6 is 0 Å². The lowest BCUT2D eigenvalue weighted by atomic mass is 10.2. The summed E-state index contributed by atoms with van der Waals surface area (Å²) in [5, 5.41) is 8.32. The monoisotopic (exact) mass is 166 g/mol. The van der Waals surface area contributed by atoms with Gasteiger partial charge in [-0.2, -0.15) is 0 Å². The maximum absolute atomic E-state index is 8.32. The summed E-state index contributed by atoms with van der Waals surface area (Å²) in [5.74, 6) is 0. The maximum atomic E-state index is 8.32. The first kappa shape index (κ1) is 11.0. The van der Waals surface area contributed by atoms with E-state index in [9.17, 15) is 0 Å². The van der Waals surface area contributed by atoms with E-state index in [4.69, 9.17) is 5.11 Å². The highest BCUT2D eigenvalue weighted by atomic mass is 16.2. The van der Waals surface area contributed by atoms with Crippen LogP contribution in [0.1, 0.15) is 32.6 Å². The quantitative estimate of drug-likeness (QED) is 0.362. The number of allylic oxidation sites excluding steroid dienone is 5. The summed E-state index contributed by atoms with van der Waals surface area (Å²) < 4.78 is 0. The van der Waals surface area contributed by atoms with Gasteiger partial charge in [-0.15, -0.1) is 0 Å². The molecule has 0 unspecified atom stereocenters. The van der Waals surface area contributed by atoms with Crippen molar-refractivity contribution in [1.82, 2.24) is 0 Å². The first-order valence-electron chi connectivity index (χ1n) is 4.52. The van der Waals surface area contributed by atoms with Gasteiger partial charge in [-0.05, 0) is 25.3 Å². The molecule has 0 aliphatic carbocycles. The molecule has 0 spiro atoms. The predicted octanol–water partition coefficient (Wildman–Crippen LogP) is 3.75. The van der Waals surface area contributed by atoms with Gasteiger partial charge in [-0.3, -0.25) is 0 Å². The highest BCUT2D eigenvalue weighted by molar-refractivity contribution is 5.02. The van der Waals surface area contributed by atoms with Crippen molar-refractivity contribution in [2.45, 2.75) is 32.6 Å². The van der Waals surface area contributed by atoms with Crippen molar-refractivity contribution in [2.75, 3.05) is 0 Å². The van der Waals surface area contributed by atoms with E-state index in [-0.39, 0.29) is 0 Å². The molecule has 0 aromatic carbocycles. The molecule has 0 aromatic heterocycles. The molecule has 1 nitrogen and oxygen atoms in total. The van der Waals surface area contributed by atoms with Gasteiger partial charge < -0.3 is 5.11 Å². The fraction of sp³-hybridized carbons (Fsp3) is 0.455. The lowest BCUT2D eigenvalue weighted by molar-refractivity contribution is 0.471. The average Bonchev–Trinajstić information content (AvgIpc) is 2.10. The summed E-state index contributed by atoms with van der Waals surface area (Å²) in [6.45, 7) is 2.17. The van der Waals surface area contributed by atoms with Crippen LogP contribution in [0.3, 0.4) is 0 Å². The molecular formula is C11H18O. The Labute approximate surface area is 75.1 Å². The number of hydrogen-bond acceptors (Lipinski definition) is 1. The Balaban J connectivity index is 3.24. The van der Waals surface area contributed by atoms with E-state index >= 15 is 0 Å². The minimum atomic E-state index is 0.911. The Kier molecular flexibility index (Phi) is 9.20. The summed E-state index contributed by atoms with van der Waals surface area (Å²) >= 11 is 0. The third kappa shape index (κ3) is 9.02. The second-order valence-electron chi connectivity index (χ2n) is 2.61. The summed E-state index contributed by atoms with van der Waals surface area (Å²) in [6, 6.07) is 0. The Morgan fingerprint density at radius 1 is 0.917 bits per heavy atom. The van der Waals surface area contributed by atoms with Crippen molar-refractivity contribution in [3.8, 4) is 0 Å². The van der Waals surface area contributed by atoms with E-state index in [1.165, 1.54) is 6.42 Å². The molecule has 1 heteroatoms. The van der Waals surface area contributed by atoms with Crippen LogP contribution in [0.5, 0.6) is 0 Å². The van der Waals surface area contributed by atoms with Crippen molar-refractivity contribution in [3.63, 3.8) is 0 Å². The number of rotatable bonds is 6. The van der Waals surface area contributed by atoms with Crippen LogP contribution in [-0.2, 0) is 0 Å². The van der Waals surface area contributed by atoms with Crippen LogP contribution in [0.15, 0.2) is 36.6 Å². The van der Waals surface area contributed by atoms with Crippen LogP contribution in [0.25, 0.3) is 0 Å². The Bertz CT molecular complexity index is 154. The largest absolute Gasteiger partial charge is 0.516 e. The molecule has 0 saturated heterocycles. The molecule has 0 amide bonds. The Hall–Kier alpha value is -0.980. The van der Waals surface area contributed by atoms with Crippen LogP contribution < -0.4 is 0 Å². The third-order valence-corrected chi connectivity index (χ3v) is 1.44. The van der Waals surface area contributed by atoms with Gasteiger partial charge in [0.05, 0.1) is 6.26 Å². The molecule has 0 aromatic rings.